The van der Waals surface area contributed by atoms with Crippen LogP contribution in [0.15, 0.2) is 89.7 Å². The molecule has 0 aliphatic carbocycles. The number of para-hydroxylation sites is 2. The lowest BCUT2D eigenvalue weighted by Gasteiger charge is -2.22. The minimum atomic E-state index is -0.0545. The number of carbonyl (C=O) groups is 1. The maximum absolute atomic E-state index is 13.3. The summed E-state index contributed by atoms with van der Waals surface area (Å²) >= 11 is 0. The summed E-state index contributed by atoms with van der Waals surface area (Å²) in [5.41, 5.74) is 3.94. The van der Waals surface area contributed by atoms with Crippen LogP contribution in [0.3, 0.4) is 0 Å². The lowest BCUT2D eigenvalue weighted by atomic mass is 10.1. The largest absolute Gasteiger partial charge is 0.356 e. The highest BCUT2D eigenvalue weighted by molar-refractivity contribution is 5.96. The zero-order valence-corrected chi connectivity index (χ0v) is 15.6. The summed E-state index contributed by atoms with van der Waals surface area (Å²) in [6, 6.07) is 23.1. The molecule has 0 radical (unpaired) electrons. The maximum Gasteiger partial charge on any atom is 0.233 e. The van der Waals surface area contributed by atoms with Crippen LogP contribution in [0.4, 0.5) is 5.69 Å². The first kappa shape index (κ1) is 17.2. The molecule has 1 amide bonds. The molecule has 3 heterocycles. The summed E-state index contributed by atoms with van der Waals surface area (Å²) in [4.78, 5) is 19.5. The number of pyridine rings is 1. The molecular formula is C23H18N4O2. The lowest BCUT2D eigenvalue weighted by molar-refractivity contribution is -0.118. The van der Waals surface area contributed by atoms with E-state index in [0.717, 1.165) is 22.4 Å². The SMILES string of the molecule is O=C(Cc1noc2ccccc12)N(Cc1cnc2ccccn12)c1ccccc1. The molecule has 0 saturated carbocycles. The van der Waals surface area contributed by atoms with Crippen LogP contribution in [-0.2, 0) is 17.8 Å². The van der Waals surface area contributed by atoms with Crippen molar-refractivity contribution in [2.75, 3.05) is 4.90 Å². The first-order valence-corrected chi connectivity index (χ1v) is 9.39. The summed E-state index contributed by atoms with van der Waals surface area (Å²) in [5, 5.41) is 4.98. The second kappa shape index (κ2) is 7.24. The summed E-state index contributed by atoms with van der Waals surface area (Å²) in [6.07, 6.45) is 3.92. The van der Waals surface area contributed by atoms with Crippen LogP contribution in [0, 0.1) is 0 Å². The third-order valence-corrected chi connectivity index (χ3v) is 4.95. The first-order chi connectivity index (χ1) is 14.3. The van der Waals surface area contributed by atoms with E-state index < -0.39 is 0 Å². The van der Waals surface area contributed by atoms with E-state index in [0.29, 0.717) is 17.8 Å². The summed E-state index contributed by atoms with van der Waals surface area (Å²) in [5.74, 6) is -0.0545. The van der Waals surface area contributed by atoms with Gasteiger partial charge in [-0.05, 0) is 36.4 Å². The predicted molar refractivity (Wildman–Crippen MR) is 111 cm³/mol. The number of amides is 1. The van der Waals surface area contributed by atoms with Gasteiger partial charge in [0.25, 0.3) is 0 Å². The van der Waals surface area contributed by atoms with E-state index in [9.17, 15) is 4.79 Å². The molecule has 0 aliphatic heterocycles. The van der Waals surface area contributed by atoms with Crippen molar-refractivity contribution >= 4 is 28.2 Å². The number of carbonyl (C=O) groups excluding carboxylic acids is 1. The Labute approximate surface area is 167 Å². The number of imidazole rings is 1. The fraction of sp³-hybridized carbons (Fsp3) is 0.0870. The standard InChI is InChI=1S/C23H18N4O2/c28-23(14-20-19-10-4-5-11-21(19)29-25-20)27(17-8-2-1-3-9-17)16-18-15-24-22-12-6-7-13-26(18)22/h1-13,15H,14,16H2. The third kappa shape index (κ3) is 3.25. The van der Waals surface area contributed by atoms with Gasteiger partial charge in [-0.25, -0.2) is 4.98 Å². The molecule has 0 unspecified atom stereocenters. The van der Waals surface area contributed by atoms with Gasteiger partial charge in [-0.3, -0.25) is 4.79 Å². The number of benzene rings is 2. The number of anilines is 1. The van der Waals surface area contributed by atoms with Gasteiger partial charge in [-0.15, -0.1) is 0 Å². The van der Waals surface area contributed by atoms with Crippen LogP contribution < -0.4 is 4.90 Å². The van der Waals surface area contributed by atoms with Crippen molar-refractivity contribution in [2.24, 2.45) is 0 Å². The Balaban J connectivity index is 1.49. The highest BCUT2D eigenvalue weighted by atomic mass is 16.5. The Kier molecular flexibility index (Phi) is 4.29. The molecule has 0 atom stereocenters. The van der Waals surface area contributed by atoms with Gasteiger partial charge < -0.3 is 13.8 Å². The average molecular weight is 382 g/mol. The Morgan fingerprint density at radius 1 is 0.966 bits per heavy atom. The zero-order valence-electron chi connectivity index (χ0n) is 15.6. The number of rotatable bonds is 5. The molecular weight excluding hydrogens is 364 g/mol. The molecule has 0 aliphatic rings. The molecule has 6 nitrogen and oxygen atoms in total. The predicted octanol–water partition coefficient (Wildman–Crippen LogP) is 4.25. The van der Waals surface area contributed by atoms with Crippen molar-refractivity contribution in [1.29, 1.82) is 0 Å². The van der Waals surface area contributed by atoms with Crippen LogP contribution in [0.1, 0.15) is 11.4 Å². The summed E-state index contributed by atoms with van der Waals surface area (Å²) < 4.78 is 7.36. The number of aromatic nitrogens is 3. The molecule has 0 spiro atoms. The molecule has 0 bridgehead atoms. The molecule has 0 saturated heterocycles. The van der Waals surface area contributed by atoms with Gasteiger partial charge >= 0.3 is 0 Å². The normalized spacial score (nSPS) is 11.2. The van der Waals surface area contributed by atoms with Crippen LogP contribution in [0.2, 0.25) is 0 Å². The van der Waals surface area contributed by atoms with E-state index in [1.165, 1.54) is 0 Å². The third-order valence-electron chi connectivity index (χ3n) is 4.95. The van der Waals surface area contributed by atoms with E-state index in [1.807, 2.05) is 89.6 Å². The van der Waals surface area contributed by atoms with Gasteiger partial charge in [0.1, 0.15) is 11.3 Å². The molecule has 5 aromatic rings. The van der Waals surface area contributed by atoms with Crippen molar-refractivity contribution < 1.29 is 9.32 Å². The minimum absolute atomic E-state index is 0.0545. The number of fused-ring (bicyclic) bond motifs is 2. The monoisotopic (exact) mass is 382 g/mol. The Bertz CT molecular complexity index is 1290. The molecule has 0 N–H and O–H groups in total. The quantitative estimate of drug-likeness (QED) is 0.456. The molecule has 6 heteroatoms. The van der Waals surface area contributed by atoms with Crippen molar-refractivity contribution in [2.45, 2.75) is 13.0 Å². The molecule has 3 aromatic heterocycles. The van der Waals surface area contributed by atoms with Gasteiger partial charge in [-0.2, -0.15) is 0 Å². The molecule has 0 fully saturated rings. The van der Waals surface area contributed by atoms with Gasteiger partial charge in [-0.1, -0.05) is 41.6 Å². The first-order valence-electron chi connectivity index (χ1n) is 9.39. The lowest BCUT2D eigenvalue weighted by Crippen LogP contribution is -2.32. The molecule has 5 rings (SSSR count). The van der Waals surface area contributed by atoms with Crippen LogP contribution in [-0.4, -0.2) is 20.4 Å². The van der Waals surface area contributed by atoms with Gasteiger partial charge in [0, 0.05) is 17.3 Å². The van der Waals surface area contributed by atoms with E-state index in [-0.39, 0.29) is 12.3 Å². The fourth-order valence-electron chi connectivity index (χ4n) is 3.50. The maximum atomic E-state index is 13.3. The van der Waals surface area contributed by atoms with E-state index in [2.05, 4.69) is 10.1 Å². The van der Waals surface area contributed by atoms with Crippen molar-refractivity contribution in [3.05, 3.63) is 96.6 Å². The molecule has 2 aromatic carbocycles. The van der Waals surface area contributed by atoms with Crippen LogP contribution in [0.25, 0.3) is 16.6 Å². The van der Waals surface area contributed by atoms with Gasteiger partial charge in [0.2, 0.25) is 5.91 Å². The number of hydrogen-bond acceptors (Lipinski definition) is 4. The topological polar surface area (TPSA) is 63.6 Å². The Morgan fingerprint density at radius 2 is 1.76 bits per heavy atom. The highest BCUT2D eigenvalue weighted by Crippen LogP contribution is 2.22. The number of nitrogens with zero attached hydrogens (tertiary/aromatic N) is 4. The van der Waals surface area contributed by atoms with E-state index in [4.69, 9.17) is 4.52 Å². The van der Waals surface area contributed by atoms with Gasteiger partial charge in [0.15, 0.2) is 5.58 Å². The van der Waals surface area contributed by atoms with E-state index in [1.54, 1.807) is 4.90 Å². The van der Waals surface area contributed by atoms with Crippen LogP contribution >= 0.6 is 0 Å². The van der Waals surface area contributed by atoms with Crippen LogP contribution in [0.5, 0.6) is 0 Å². The highest BCUT2D eigenvalue weighted by Gasteiger charge is 2.21. The Morgan fingerprint density at radius 3 is 2.66 bits per heavy atom. The smallest absolute Gasteiger partial charge is 0.233 e. The minimum Gasteiger partial charge on any atom is -0.356 e. The summed E-state index contributed by atoms with van der Waals surface area (Å²) in [6.45, 7) is 0.407. The van der Waals surface area contributed by atoms with Crippen molar-refractivity contribution in [3.8, 4) is 0 Å². The fourth-order valence-corrected chi connectivity index (χ4v) is 3.50. The van der Waals surface area contributed by atoms with Crippen molar-refractivity contribution in [3.63, 3.8) is 0 Å². The second-order valence-corrected chi connectivity index (χ2v) is 6.80. The van der Waals surface area contributed by atoms with E-state index >= 15 is 0 Å². The Hall–Kier alpha value is -3.93. The molecule has 142 valence electrons. The average Bonchev–Trinajstić information content (AvgIpc) is 3.37. The second-order valence-electron chi connectivity index (χ2n) is 6.80. The molecule has 29 heavy (non-hydrogen) atoms. The van der Waals surface area contributed by atoms with Gasteiger partial charge in [0.05, 0.1) is 24.9 Å². The zero-order chi connectivity index (χ0) is 19.6. The number of hydrogen-bond donors (Lipinski definition) is 0. The summed E-state index contributed by atoms with van der Waals surface area (Å²) in [7, 11) is 0. The van der Waals surface area contributed by atoms with Crippen molar-refractivity contribution in [1.82, 2.24) is 14.5 Å².